The minimum Gasteiger partial charge on any atom is -0.383 e. The third-order valence-electron chi connectivity index (χ3n) is 5.34. The van der Waals surface area contributed by atoms with Crippen LogP contribution < -0.4 is 21.0 Å². The van der Waals surface area contributed by atoms with Gasteiger partial charge in [-0.25, -0.2) is 18.7 Å². The highest BCUT2D eigenvalue weighted by Crippen LogP contribution is 2.34. The van der Waals surface area contributed by atoms with E-state index < -0.39 is 18.4 Å². The Kier molecular flexibility index (Phi) is 9.05. The van der Waals surface area contributed by atoms with Gasteiger partial charge in [-0.3, -0.25) is 5.43 Å². The number of nitrogens with one attached hydrogen (secondary N) is 3. The molecule has 1 fully saturated rings. The molecule has 1 aromatic heterocycles. The zero-order chi connectivity index (χ0) is 25.4. The first kappa shape index (κ1) is 26.4. The van der Waals surface area contributed by atoms with Gasteiger partial charge in [0, 0.05) is 28.6 Å². The summed E-state index contributed by atoms with van der Waals surface area (Å²) in [7, 11) is 0. The van der Waals surface area contributed by atoms with Crippen molar-refractivity contribution in [2.75, 3.05) is 35.3 Å². The van der Waals surface area contributed by atoms with E-state index in [4.69, 9.17) is 0 Å². The first-order valence-corrected chi connectivity index (χ1v) is 12.1. The van der Waals surface area contributed by atoms with Crippen molar-refractivity contribution in [1.82, 2.24) is 15.4 Å². The van der Waals surface area contributed by atoms with Gasteiger partial charge in [-0.1, -0.05) is 13.5 Å². The standard InChI is InChI=1S/C24H31F2N7OS/c1-5-16(4)28-17-8-10-18(11-9-17)35-23-30-21(29-20(6-2)32-27-7-3)12-22(31-23)33-14-24(34,15-33)19(26)13-25/h6-12,19,28,32,34H,4-5,13-15H2,1-3H3,(H,29,30,31)/b20-6-,27-7+. The van der Waals surface area contributed by atoms with Crippen LogP contribution in [0.1, 0.15) is 27.2 Å². The first-order chi connectivity index (χ1) is 16.8. The van der Waals surface area contributed by atoms with Gasteiger partial charge < -0.3 is 20.6 Å². The van der Waals surface area contributed by atoms with Gasteiger partial charge in [0.2, 0.25) is 0 Å². The normalized spacial score (nSPS) is 16.1. The van der Waals surface area contributed by atoms with Gasteiger partial charge in [-0.15, -0.1) is 0 Å². The molecule has 1 atom stereocenters. The predicted octanol–water partition coefficient (Wildman–Crippen LogP) is 4.69. The molecule has 1 aliphatic rings. The highest BCUT2D eigenvalue weighted by Gasteiger charge is 2.49. The maximum absolute atomic E-state index is 13.8. The summed E-state index contributed by atoms with van der Waals surface area (Å²) >= 11 is 1.36. The molecule has 8 nitrogen and oxygen atoms in total. The number of aromatic nitrogens is 2. The number of β-amino-alcohol motifs (C(OH)–C–C–N with tert-alkyl or cyclic N) is 1. The van der Waals surface area contributed by atoms with E-state index in [0.29, 0.717) is 22.6 Å². The van der Waals surface area contributed by atoms with Crippen LogP contribution in [0.2, 0.25) is 0 Å². The Labute approximate surface area is 208 Å². The fourth-order valence-corrected chi connectivity index (χ4v) is 4.01. The summed E-state index contributed by atoms with van der Waals surface area (Å²) in [5.41, 5.74) is 3.01. The Hall–Kier alpha value is -3.18. The molecule has 0 bridgehead atoms. The van der Waals surface area contributed by atoms with Crippen LogP contribution in [0.15, 0.2) is 69.7 Å². The third kappa shape index (κ3) is 6.92. The maximum Gasteiger partial charge on any atom is 0.196 e. The monoisotopic (exact) mass is 503 g/mol. The molecule has 1 aliphatic heterocycles. The molecule has 35 heavy (non-hydrogen) atoms. The quantitative estimate of drug-likeness (QED) is 0.188. The summed E-state index contributed by atoms with van der Waals surface area (Å²) < 4.78 is 26.6. The number of alkyl halides is 2. The third-order valence-corrected chi connectivity index (χ3v) is 6.21. The van der Waals surface area contributed by atoms with Crippen molar-refractivity contribution >= 4 is 35.3 Å². The van der Waals surface area contributed by atoms with Gasteiger partial charge in [0.15, 0.2) is 11.3 Å². The number of hydrogen-bond donors (Lipinski definition) is 4. The van der Waals surface area contributed by atoms with Crippen LogP contribution in [-0.2, 0) is 0 Å². The van der Waals surface area contributed by atoms with E-state index in [1.54, 1.807) is 30.2 Å². The second-order valence-corrected chi connectivity index (χ2v) is 9.05. The Morgan fingerprint density at radius 2 is 2.00 bits per heavy atom. The molecule has 1 unspecified atom stereocenters. The van der Waals surface area contributed by atoms with Crippen molar-refractivity contribution in [1.29, 1.82) is 0 Å². The molecular weight excluding hydrogens is 472 g/mol. The minimum absolute atomic E-state index is 0.0603. The van der Waals surface area contributed by atoms with Gasteiger partial charge in [0.25, 0.3) is 0 Å². The molecule has 4 N–H and O–H groups in total. The number of allylic oxidation sites excluding steroid dienone is 2. The van der Waals surface area contributed by atoms with Crippen molar-refractivity contribution in [2.24, 2.45) is 5.10 Å². The molecule has 3 rings (SSSR count). The second-order valence-electron chi connectivity index (χ2n) is 8.01. The molecule has 2 aromatic rings. The number of rotatable bonds is 12. The molecule has 1 saturated heterocycles. The van der Waals surface area contributed by atoms with E-state index in [1.165, 1.54) is 11.8 Å². The molecular formula is C24H31F2N7OS. The van der Waals surface area contributed by atoms with E-state index in [2.05, 4.69) is 37.7 Å². The Balaban J connectivity index is 1.83. The lowest BCUT2D eigenvalue weighted by molar-refractivity contribution is -0.0642. The molecule has 188 valence electrons. The van der Waals surface area contributed by atoms with Gasteiger partial charge in [0.05, 0.1) is 13.1 Å². The molecule has 2 heterocycles. The van der Waals surface area contributed by atoms with Gasteiger partial charge >= 0.3 is 0 Å². The lowest BCUT2D eigenvalue weighted by Gasteiger charge is -2.48. The van der Waals surface area contributed by atoms with E-state index in [9.17, 15) is 13.9 Å². The molecule has 1 aromatic carbocycles. The van der Waals surface area contributed by atoms with E-state index in [0.717, 1.165) is 22.7 Å². The van der Waals surface area contributed by atoms with Gasteiger partial charge in [-0.05, 0) is 62.4 Å². The summed E-state index contributed by atoms with van der Waals surface area (Å²) in [6.45, 7) is 8.27. The number of benzene rings is 1. The molecule has 0 spiro atoms. The van der Waals surface area contributed by atoms with Crippen LogP contribution in [0.5, 0.6) is 0 Å². The van der Waals surface area contributed by atoms with Crippen LogP contribution in [0, 0.1) is 0 Å². The number of hydrogen-bond acceptors (Lipinski definition) is 9. The first-order valence-electron chi connectivity index (χ1n) is 11.3. The summed E-state index contributed by atoms with van der Waals surface area (Å²) in [6, 6.07) is 9.49. The Morgan fingerprint density at radius 1 is 1.29 bits per heavy atom. The summed E-state index contributed by atoms with van der Waals surface area (Å²) in [4.78, 5) is 11.8. The average molecular weight is 504 g/mol. The van der Waals surface area contributed by atoms with E-state index >= 15 is 0 Å². The fourth-order valence-electron chi connectivity index (χ4n) is 3.24. The van der Waals surface area contributed by atoms with Gasteiger partial charge in [-0.2, -0.15) is 5.10 Å². The average Bonchev–Trinajstić information content (AvgIpc) is 2.84. The summed E-state index contributed by atoms with van der Waals surface area (Å²) in [5, 5.41) is 21.2. The summed E-state index contributed by atoms with van der Waals surface area (Å²) in [5.74, 6) is 1.59. The molecule has 0 amide bonds. The lowest BCUT2D eigenvalue weighted by atomic mass is 9.89. The fraction of sp³-hybridized carbons (Fsp3) is 0.375. The zero-order valence-corrected chi connectivity index (χ0v) is 20.9. The second kappa shape index (κ2) is 12.0. The Morgan fingerprint density at radius 3 is 2.60 bits per heavy atom. The largest absolute Gasteiger partial charge is 0.383 e. The van der Waals surface area contributed by atoms with Gasteiger partial charge in [0.1, 0.15) is 29.7 Å². The zero-order valence-electron chi connectivity index (χ0n) is 20.1. The molecule has 11 heteroatoms. The smallest absolute Gasteiger partial charge is 0.196 e. The van der Waals surface area contributed by atoms with E-state index in [-0.39, 0.29) is 13.1 Å². The highest BCUT2D eigenvalue weighted by atomic mass is 32.2. The topological polar surface area (TPSA) is 97.7 Å². The highest BCUT2D eigenvalue weighted by molar-refractivity contribution is 7.99. The number of aliphatic hydroxyl groups is 1. The summed E-state index contributed by atoms with van der Waals surface area (Å²) in [6.07, 6.45) is 2.31. The predicted molar refractivity (Wildman–Crippen MR) is 138 cm³/mol. The number of nitrogens with zero attached hydrogens (tertiary/aromatic N) is 4. The Bertz CT molecular complexity index is 1070. The molecule has 0 radical (unpaired) electrons. The molecule has 0 saturated carbocycles. The number of anilines is 3. The molecule has 0 aliphatic carbocycles. The van der Waals surface area contributed by atoms with Crippen LogP contribution in [0.25, 0.3) is 0 Å². The van der Waals surface area contributed by atoms with Crippen LogP contribution in [-0.4, -0.2) is 52.8 Å². The SMILES string of the molecule is C=C(CC)Nc1ccc(Sc2nc(N/C(=C/C)N/N=C/C)cc(N3CC(O)(C(F)CF)C3)n2)cc1. The minimum atomic E-state index is -1.94. The van der Waals surface area contributed by atoms with Crippen molar-refractivity contribution in [2.45, 2.75) is 49.0 Å². The number of halogens is 2. The van der Waals surface area contributed by atoms with Crippen molar-refractivity contribution in [3.8, 4) is 0 Å². The van der Waals surface area contributed by atoms with E-state index in [1.807, 2.05) is 38.1 Å². The van der Waals surface area contributed by atoms with Crippen molar-refractivity contribution < 1.29 is 13.9 Å². The van der Waals surface area contributed by atoms with Crippen LogP contribution >= 0.6 is 11.8 Å². The van der Waals surface area contributed by atoms with Crippen LogP contribution in [0.4, 0.5) is 26.1 Å². The van der Waals surface area contributed by atoms with Crippen molar-refractivity contribution in [3.63, 3.8) is 0 Å². The number of hydrazone groups is 1. The lowest BCUT2D eigenvalue weighted by Crippen LogP contribution is -2.67. The van der Waals surface area contributed by atoms with Crippen molar-refractivity contribution in [3.05, 3.63) is 54.5 Å². The maximum atomic E-state index is 13.8. The van der Waals surface area contributed by atoms with Crippen LogP contribution in [0.3, 0.4) is 0 Å².